The molecule has 2 aromatic rings. The summed E-state index contributed by atoms with van der Waals surface area (Å²) in [6.45, 7) is 6.75. The Kier molecular flexibility index (Phi) is 4.99. The first kappa shape index (κ1) is 17.0. The van der Waals surface area contributed by atoms with Gasteiger partial charge in [-0.15, -0.1) is 0 Å². The van der Waals surface area contributed by atoms with Crippen molar-refractivity contribution >= 4 is 11.7 Å². The molecule has 0 N–H and O–H groups in total. The van der Waals surface area contributed by atoms with E-state index in [4.69, 9.17) is 0 Å². The molecule has 0 saturated carbocycles. The third-order valence-electron chi connectivity index (χ3n) is 4.48. The lowest BCUT2D eigenvalue weighted by molar-refractivity contribution is 0.0767. The van der Waals surface area contributed by atoms with Gasteiger partial charge in [0, 0.05) is 37.4 Å². The summed E-state index contributed by atoms with van der Waals surface area (Å²) < 4.78 is 0. The number of carbonyl (C=O) groups excluding carboxylic acids is 1. The Morgan fingerprint density at radius 1 is 1.12 bits per heavy atom. The van der Waals surface area contributed by atoms with E-state index in [1.54, 1.807) is 0 Å². The summed E-state index contributed by atoms with van der Waals surface area (Å²) in [6.07, 6.45) is 0.859. The van der Waals surface area contributed by atoms with Crippen molar-refractivity contribution in [3.8, 4) is 6.07 Å². The number of aromatic nitrogens is 1. The van der Waals surface area contributed by atoms with E-state index in [1.165, 1.54) is 0 Å². The number of hydrogen-bond acceptors (Lipinski definition) is 4. The molecule has 1 amide bonds. The van der Waals surface area contributed by atoms with Crippen molar-refractivity contribution in [3.05, 3.63) is 58.8 Å². The summed E-state index contributed by atoms with van der Waals surface area (Å²) in [7, 11) is 0. The zero-order valence-electron chi connectivity index (χ0n) is 14.7. The van der Waals surface area contributed by atoms with Gasteiger partial charge in [0.2, 0.25) is 0 Å². The number of pyridine rings is 1. The fourth-order valence-electron chi connectivity index (χ4n) is 3.16. The number of rotatable bonds is 2. The molecule has 25 heavy (non-hydrogen) atoms. The minimum Gasteiger partial charge on any atom is -0.354 e. The zero-order valence-corrected chi connectivity index (χ0v) is 14.7. The molecule has 0 spiro atoms. The highest BCUT2D eigenvalue weighted by atomic mass is 16.2. The molecule has 5 nitrogen and oxygen atoms in total. The van der Waals surface area contributed by atoms with Crippen molar-refractivity contribution in [2.75, 3.05) is 31.1 Å². The largest absolute Gasteiger partial charge is 0.354 e. The van der Waals surface area contributed by atoms with Gasteiger partial charge >= 0.3 is 0 Å². The van der Waals surface area contributed by atoms with Gasteiger partial charge < -0.3 is 9.80 Å². The van der Waals surface area contributed by atoms with E-state index < -0.39 is 0 Å². The molecule has 0 aliphatic carbocycles. The molecule has 1 saturated heterocycles. The Balaban J connectivity index is 1.76. The molecule has 1 aliphatic heterocycles. The Labute approximate surface area is 148 Å². The molecule has 3 rings (SSSR count). The molecular weight excluding hydrogens is 312 g/mol. The third kappa shape index (κ3) is 3.80. The van der Waals surface area contributed by atoms with Crippen LogP contribution < -0.4 is 4.90 Å². The van der Waals surface area contributed by atoms with E-state index in [0.29, 0.717) is 18.7 Å². The van der Waals surface area contributed by atoms with Crippen molar-refractivity contribution in [1.29, 1.82) is 5.26 Å². The normalized spacial score (nSPS) is 14.8. The average molecular weight is 334 g/mol. The van der Waals surface area contributed by atoms with Gasteiger partial charge in [0.25, 0.3) is 5.91 Å². The number of nitriles is 1. The van der Waals surface area contributed by atoms with Crippen LogP contribution in [0.3, 0.4) is 0 Å². The van der Waals surface area contributed by atoms with E-state index in [1.807, 2.05) is 55.1 Å². The van der Waals surface area contributed by atoms with Crippen LogP contribution in [0.1, 0.15) is 33.6 Å². The van der Waals surface area contributed by atoms with E-state index >= 15 is 0 Å². The lowest BCUT2D eigenvalue weighted by Gasteiger charge is -2.24. The second-order valence-electron chi connectivity index (χ2n) is 6.44. The number of aryl methyl sites for hydroxylation is 2. The maximum Gasteiger partial charge on any atom is 0.253 e. The highest BCUT2D eigenvalue weighted by Gasteiger charge is 2.22. The summed E-state index contributed by atoms with van der Waals surface area (Å²) in [5, 5.41) is 9.34. The third-order valence-corrected chi connectivity index (χ3v) is 4.48. The van der Waals surface area contributed by atoms with Gasteiger partial charge in [-0.05, 0) is 44.5 Å². The highest BCUT2D eigenvalue weighted by Crippen LogP contribution is 2.20. The summed E-state index contributed by atoms with van der Waals surface area (Å²) in [6, 6.07) is 13.6. The van der Waals surface area contributed by atoms with Crippen molar-refractivity contribution in [3.63, 3.8) is 0 Å². The first-order valence-electron chi connectivity index (χ1n) is 8.57. The molecule has 1 aromatic heterocycles. The number of amides is 1. The van der Waals surface area contributed by atoms with Crippen molar-refractivity contribution in [2.24, 2.45) is 0 Å². The van der Waals surface area contributed by atoms with E-state index in [2.05, 4.69) is 16.0 Å². The number of benzene rings is 1. The number of nitrogens with zero attached hydrogens (tertiary/aromatic N) is 4. The van der Waals surface area contributed by atoms with Gasteiger partial charge in [0.15, 0.2) is 0 Å². The maximum absolute atomic E-state index is 12.8. The molecule has 1 aliphatic rings. The van der Waals surface area contributed by atoms with Gasteiger partial charge in [-0.3, -0.25) is 4.79 Å². The van der Waals surface area contributed by atoms with Crippen LogP contribution in [-0.4, -0.2) is 42.0 Å². The lowest BCUT2D eigenvalue weighted by atomic mass is 10.1. The van der Waals surface area contributed by atoms with Gasteiger partial charge in [-0.2, -0.15) is 5.26 Å². The van der Waals surface area contributed by atoms with Gasteiger partial charge in [-0.25, -0.2) is 4.98 Å². The first-order valence-corrected chi connectivity index (χ1v) is 8.57. The quantitative estimate of drug-likeness (QED) is 0.847. The van der Waals surface area contributed by atoms with Crippen LogP contribution in [0.2, 0.25) is 0 Å². The number of anilines is 1. The van der Waals surface area contributed by atoms with Crippen LogP contribution in [-0.2, 0) is 0 Å². The lowest BCUT2D eigenvalue weighted by Crippen LogP contribution is -2.35. The molecule has 5 heteroatoms. The monoisotopic (exact) mass is 334 g/mol. The summed E-state index contributed by atoms with van der Waals surface area (Å²) >= 11 is 0. The molecule has 0 unspecified atom stereocenters. The highest BCUT2D eigenvalue weighted by molar-refractivity contribution is 5.94. The van der Waals surface area contributed by atoms with Gasteiger partial charge in [0.1, 0.15) is 11.9 Å². The Bertz CT molecular complexity index is 825. The van der Waals surface area contributed by atoms with Crippen LogP contribution in [0.5, 0.6) is 0 Å². The second-order valence-corrected chi connectivity index (χ2v) is 6.44. The second kappa shape index (κ2) is 7.35. The number of carbonyl (C=O) groups is 1. The fraction of sp³-hybridized carbons (Fsp3) is 0.350. The topological polar surface area (TPSA) is 60.2 Å². The van der Waals surface area contributed by atoms with Crippen molar-refractivity contribution < 1.29 is 4.79 Å². The zero-order chi connectivity index (χ0) is 17.8. The molecule has 0 radical (unpaired) electrons. The molecule has 1 aromatic carbocycles. The molecular formula is C20H22N4O. The number of hydrogen-bond donors (Lipinski definition) is 0. The molecule has 0 bridgehead atoms. The van der Waals surface area contributed by atoms with Crippen LogP contribution in [0, 0.1) is 25.2 Å². The van der Waals surface area contributed by atoms with Crippen LogP contribution in [0.4, 0.5) is 5.82 Å². The standard InChI is InChI=1S/C20H22N4O/c1-15-5-3-6-17(13-15)20(25)24-10-4-9-23(11-12-24)19-18(14-21)8-7-16(2)22-19/h3,5-8,13H,4,9-12H2,1-2H3. The van der Waals surface area contributed by atoms with Crippen LogP contribution >= 0.6 is 0 Å². The Hall–Kier alpha value is -2.87. The molecule has 0 atom stereocenters. The smallest absolute Gasteiger partial charge is 0.253 e. The van der Waals surface area contributed by atoms with Crippen molar-refractivity contribution in [1.82, 2.24) is 9.88 Å². The summed E-state index contributed by atoms with van der Waals surface area (Å²) in [5.41, 5.74) is 3.31. The van der Waals surface area contributed by atoms with Crippen molar-refractivity contribution in [2.45, 2.75) is 20.3 Å². The minimum atomic E-state index is 0.0725. The average Bonchev–Trinajstić information content (AvgIpc) is 2.87. The molecule has 128 valence electrons. The molecule has 2 heterocycles. The SMILES string of the molecule is Cc1cccc(C(=O)N2CCCN(c3nc(C)ccc3C#N)CC2)c1. The van der Waals surface area contributed by atoms with E-state index in [0.717, 1.165) is 42.1 Å². The van der Waals surface area contributed by atoms with Crippen LogP contribution in [0.25, 0.3) is 0 Å². The minimum absolute atomic E-state index is 0.0725. The first-order chi connectivity index (χ1) is 12.1. The van der Waals surface area contributed by atoms with Gasteiger partial charge in [-0.1, -0.05) is 17.7 Å². The summed E-state index contributed by atoms with van der Waals surface area (Å²) in [5.74, 6) is 0.801. The fourth-order valence-corrected chi connectivity index (χ4v) is 3.16. The predicted molar refractivity (Wildman–Crippen MR) is 97.6 cm³/mol. The summed E-state index contributed by atoms with van der Waals surface area (Å²) in [4.78, 5) is 21.3. The molecule has 1 fully saturated rings. The van der Waals surface area contributed by atoms with E-state index in [-0.39, 0.29) is 5.91 Å². The van der Waals surface area contributed by atoms with E-state index in [9.17, 15) is 10.1 Å². The van der Waals surface area contributed by atoms with Gasteiger partial charge in [0.05, 0.1) is 5.56 Å². The maximum atomic E-state index is 12.8. The Morgan fingerprint density at radius 2 is 1.96 bits per heavy atom. The predicted octanol–water partition coefficient (Wildman–Crippen LogP) is 2.92. The van der Waals surface area contributed by atoms with Crippen LogP contribution in [0.15, 0.2) is 36.4 Å². The Morgan fingerprint density at radius 3 is 2.72 bits per heavy atom.